The second kappa shape index (κ2) is 5.76. The molecule has 0 atom stereocenters. The number of nitrogens with zero attached hydrogens (tertiary/aromatic N) is 1. The molecule has 1 fully saturated rings. The van der Waals surface area contributed by atoms with E-state index in [0.29, 0.717) is 26.2 Å². The summed E-state index contributed by atoms with van der Waals surface area (Å²) in [6, 6.07) is 2.64. The molecule has 2 rings (SSSR count). The molecule has 8 heteroatoms. The average molecular weight is 322 g/mol. The van der Waals surface area contributed by atoms with E-state index < -0.39 is 10.0 Å². The highest BCUT2D eigenvalue weighted by Crippen LogP contribution is 2.31. The molecule has 1 heterocycles. The van der Waals surface area contributed by atoms with E-state index >= 15 is 0 Å². The van der Waals surface area contributed by atoms with Gasteiger partial charge in [-0.05, 0) is 12.1 Å². The number of hydrogen-bond donors (Lipinski definition) is 1. The first kappa shape index (κ1) is 14.7. The third-order valence-corrected chi connectivity index (χ3v) is 5.61. The molecule has 5 nitrogen and oxygen atoms in total. The van der Waals surface area contributed by atoms with Crippen LogP contribution in [0, 0.1) is 0 Å². The lowest BCUT2D eigenvalue weighted by molar-refractivity contribution is 0.360. The normalized spacial score (nSPS) is 17.4. The van der Waals surface area contributed by atoms with Crippen molar-refractivity contribution in [3.05, 3.63) is 27.7 Å². The number of hydrogen-bond acceptors (Lipinski definition) is 4. The molecule has 0 saturated carbocycles. The molecule has 1 aliphatic rings. The number of benzene rings is 1. The number of nitrogens with one attached hydrogen (secondary N) is 1. The van der Waals surface area contributed by atoms with Crippen LogP contribution in [-0.4, -0.2) is 45.2 Å². The van der Waals surface area contributed by atoms with E-state index in [-0.39, 0.29) is 20.5 Å². The SMILES string of the molecule is O=[C]c1c(Cl)ccc(S(=O)(=O)N2CCNCC2)c1Cl. The van der Waals surface area contributed by atoms with Crippen molar-refractivity contribution in [2.75, 3.05) is 26.2 Å². The van der Waals surface area contributed by atoms with Gasteiger partial charge in [-0.1, -0.05) is 23.2 Å². The van der Waals surface area contributed by atoms with Crippen molar-refractivity contribution in [1.82, 2.24) is 9.62 Å². The largest absolute Gasteiger partial charge is 0.314 e. The summed E-state index contributed by atoms with van der Waals surface area (Å²) in [5.74, 6) is 0. The number of halogens is 2. The van der Waals surface area contributed by atoms with Gasteiger partial charge in [-0.25, -0.2) is 8.42 Å². The van der Waals surface area contributed by atoms with Gasteiger partial charge in [0.25, 0.3) is 0 Å². The zero-order valence-corrected chi connectivity index (χ0v) is 12.1. The summed E-state index contributed by atoms with van der Waals surface area (Å²) in [6.07, 6.45) is 1.57. The van der Waals surface area contributed by atoms with Gasteiger partial charge in [-0.2, -0.15) is 4.31 Å². The molecule has 0 bridgehead atoms. The van der Waals surface area contributed by atoms with Crippen LogP contribution >= 0.6 is 23.2 Å². The number of carbonyl (C=O) groups excluding carboxylic acids is 1. The Morgan fingerprint density at radius 1 is 1.21 bits per heavy atom. The van der Waals surface area contributed by atoms with Gasteiger partial charge < -0.3 is 5.32 Å². The Balaban J connectivity index is 2.48. The Hall–Kier alpha value is -0.660. The molecule has 0 unspecified atom stereocenters. The molecule has 1 radical (unpaired) electrons. The van der Waals surface area contributed by atoms with Crippen molar-refractivity contribution < 1.29 is 13.2 Å². The molecule has 0 spiro atoms. The van der Waals surface area contributed by atoms with Crippen molar-refractivity contribution in [3.8, 4) is 0 Å². The molecular formula is C11H11Cl2N2O3S. The van der Waals surface area contributed by atoms with Crippen molar-refractivity contribution in [2.24, 2.45) is 0 Å². The smallest absolute Gasteiger partial charge is 0.244 e. The molecule has 1 aliphatic heterocycles. The van der Waals surface area contributed by atoms with Gasteiger partial charge in [0.1, 0.15) is 4.90 Å². The summed E-state index contributed by atoms with van der Waals surface area (Å²) in [5.41, 5.74) is -0.125. The lowest BCUT2D eigenvalue weighted by atomic mass is 10.2. The van der Waals surface area contributed by atoms with Crippen molar-refractivity contribution in [3.63, 3.8) is 0 Å². The van der Waals surface area contributed by atoms with Gasteiger partial charge in [0, 0.05) is 26.2 Å². The number of piperazine rings is 1. The van der Waals surface area contributed by atoms with Crippen LogP contribution in [0.15, 0.2) is 17.0 Å². The molecule has 0 aliphatic carbocycles. The van der Waals surface area contributed by atoms with Crippen molar-refractivity contribution >= 4 is 39.5 Å². The minimum Gasteiger partial charge on any atom is -0.314 e. The van der Waals surface area contributed by atoms with E-state index in [2.05, 4.69) is 5.32 Å². The molecular weight excluding hydrogens is 311 g/mol. The summed E-state index contributed by atoms with van der Waals surface area (Å²) in [5, 5.41) is 2.97. The maximum Gasteiger partial charge on any atom is 0.244 e. The fourth-order valence-corrected chi connectivity index (χ4v) is 4.10. The summed E-state index contributed by atoms with van der Waals surface area (Å²) in [6.45, 7) is 1.89. The van der Waals surface area contributed by atoms with Crippen LogP contribution in [0.3, 0.4) is 0 Å². The standard InChI is InChI=1S/C11H11Cl2N2O3S/c12-9-1-2-10(11(13)8(9)7-16)19(17,18)15-5-3-14-4-6-15/h1-2,14H,3-6H2. The summed E-state index contributed by atoms with van der Waals surface area (Å²) < 4.78 is 26.2. The van der Waals surface area contributed by atoms with Crippen LogP contribution < -0.4 is 5.32 Å². The highest BCUT2D eigenvalue weighted by atomic mass is 35.5. The fourth-order valence-electron chi connectivity index (χ4n) is 1.85. The molecule has 1 N–H and O–H groups in total. The Morgan fingerprint density at radius 3 is 2.42 bits per heavy atom. The van der Waals surface area contributed by atoms with Gasteiger partial charge in [0.05, 0.1) is 15.6 Å². The fraction of sp³-hybridized carbons (Fsp3) is 0.364. The molecule has 1 saturated heterocycles. The van der Waals surface area contributed by atoms with Gasteiger partial charge in [0.15, 0.2) is 0 Å². The first-order valence-electron chi connectivity index (χ1n) is 5.55. The Labute approximate surface area is 121 Å². The first-order chi connectivity index (χ1) is 8.98. The van der Waals surface area contributed by atoms with Gasteiger partial charge in [-0.3, -0.25) is 4.79 Å². The maximum atomic E-state index is 12.4. The summed E-state index contributed by atoms with van der Waals surface area (Å²) in [4.78, 5) is 10.7. The Bertz CT molecular complexity index is 598. The van der Waals surface area contributed by atoms with E-state index in [9.17, 15) is 13.2 Å². The highest BCUT2D eigenvalue weighted by Gasteiger charge is 2.29. The molecule has 1 aromatic carbocycles. The van der Waals surface area contributed by atoms with E-state index in [1.165, 1.54) is 16.4 Å². The monoisotopic (exact) mass is 321 g/mol. The number of rotatable bonds is 3. The van der Waals surface area contributed by atoms with Crippen LogP contribution in [0.1, 0.15) is 5.56 Å². The van der Waals surface area contributed by atoms with E-state index in [0.717, 1.165) is 0 Å². The van der Waals surface area contributed by atoms with Crippen LogP contribution in [0.5, 0.6) is 0 Å². The van der Waals surface area contributed by atoms with Crippen LogP contribution in [0.2, 0.25) is 10.0 Å². The second-order valence-corrected chi connectivity index (χ2v) is 6.68. The minimum absolute atomic E-state index is 0.0826. The van der Waals surface area contributed by atoms with Gasteiger partial charge in [0.2, 0.25) is 16.3 Å². The van der Waals surface area contributed by atoms with E-state index in [1.54, 1.807) is 6.29 Å². The topological polar surface area (TPSA) is 66.5 Å². The predicted octanol–water partition coefficient (Wildman–Crippen LogP) is 1.05. The maximum absolute atomic E-state index is 12.4. The molecule has 103 valence electrons. The Kier molecular flexibility index (Phi) is 4.47. The third-order valence-electron chi connectivity index (χ3n) is 2.85. The van der Waals surface area contributed by atoms with Crippen molar-refractivity contribution in [1.29, 1.82) is 0 Å². The second-order valence-electron chi connectivity index (χ2n) is 3.99. The average Bonchev–Trinajstić information content (AvgIpc) is 2.40. The zero-order valence-electron chi connectivity index (χ0n) is 9.82. The quantitative estimate of drug-likeness (QED) is 0.903. The van der Waals surface area contributed by atoms with Crippen LogP contribution in [0.25, 0.3) is 0 Å². The lowest BCUT2D eigenvalue weighted by Crippen LogP contribution is -2.46. The van der Waals surface area contributed by atoms with Crippen LogP contribution in [-0.2, 0) is 14.8 Å². The Morgan fingerprint density at radius 2 is 1.84 bits per heavy atom. The van der Waals surface area contributed by atoms with Crippen molar-refractivity contribution in [2.45, 2.75) is 4.90 Å². The van der Waals surface area contributed by atoms with Crippen LogP contribution in [0.4, 0.5) is 0 Å². The van der Waals surface area contributed by atoms with E-state index in [4.69, 9.17) is 23.2 Å². The molecule has 0 aromatic heterocycles. The summed E-state index contributed by atoms with van der Waals surface area (Å²) >= 11 is 11.7. The molecule has 19 heavy (non-hydrogen) atoms. The van der Waals surface area contributed by atoms with Gasteiger partial charge >= 0.3 is 0 Å². The highest BCUT2D eigenvalue weighted by molar-refractivity contribution is 7.89. The molecule has 1 aromatic rings. The zero-order chi connectivity index (χ0) is 14.0. The summed E-state index contributed by atoms with van der Waals surface area (Å²) in [7, 11) is -3.72. The lowest BCUT2D eigenvalue weighted by Gasteiger charge is -2.27. The third kappa shape index (κ3) is 2.78. The predicted molar refractivity (Wildman–Crippen MR) is 72.9 cm³/mol. The van der Waals surface area contributed by atoms with E-state index in [1.807, 2.05) is 0 Å². The minimum atomic E-state index is -3.72. The number of sulfonamides is 1. The molecule has 0 amide bonds. The van der Waals surface area contributed by atoms with Gasteiger partial charge in [-0.15, -0.1) is 0 Å². The first-order valence-corrected chi connectivity index (χ1v) is 7.75.